The predicted molar refractivity (Wildman–Crippen MR) is 113 cm³/mol. The molecule has 0 atom stereocenters. The van der Waals surface area contributed by atoms with Gasteiger partial charge in [-0.15, -0.1) is 0 Å². The first-order chi connectivity index (χ1) is 14.2. The van der Waals surface area contributed by atoms with Crippen LogP contribution < -0.4 is 0 Å². The van der Waals surface area contributed by atoms with Gasteiger partial charge in [-0.2, -0.15) is 10.5 Å². The molecular formula is C23H12BrN5. The fourth-order valence-corrected chi connectivity index (χ4v) is 3.15. The minimum Gasteiger partial charge on any atom is -0.255 e. The van der Waals surface area contributed by atoms with E-state index in [2.05, 4.69) is 38.0 Å². The van der Waals surface area contributed by atoms with Crippen LogP contribution >= 0.6 is 15.9 Å². The topological polar surface area (TPSA) is 86.2 Å². The Morgan fingerprint density at radius 1 is 0.621 bits per heavy atom. The molecule has 0 aliphatic carbocycles. The van der Waals surface area contributed by atoms with E-state index < -0.39 is 0 Å². The Morgan fingerprint density at radius 3 is 1.62 bits per heavy atom. The Bertz CT molecular complexity index is 1210. The van der Waals surface area contributed by atoms with Crippen molar-refractivity contribution < 1.29 is 0 Å². The number of halogens is 1. The molecule has 3 aromatic heterocycles. The summed E-state index contributed by atoms with van der Waals surface area (Å²) >= 11 is 3.46. The van der Waals surface area contributed by atoms with Crippen LogP contribution in [0.2, 0.25) is 0 Å². The smallest absolute Gasteiger partial charge is 0.0992 e. The quantitative estimate of drug-likeness (QED) is 0.429. The van der Waals surface area contributed by atoms with Crippen LogP contribution in [0.25, 0.3) is 33.9 Å². The van der Waals surface area contributed by atoms with Gasteiger partial charge < -0.3 is 0 Å². The second-order valence-corrected chi connectivity index (χ2v) is 7.13. The van der Waals surface area contributed by atoms with E-state index >= 15 is 0 Å². The van der Waals surface area contributed by atoms with Crippen molar-refractivity contribution in [3.8, 4) is 46.0 Å². The van der Waals surface area contributed by atoms with Crippen LogP contribution in [-0.2, 0) is 0 Å². The van der Waals surface area contributed by atoms with Gasteiger partial charge in [0.1, 0.15) is 0 Å². The number of hydrogen-bond donors (Lipinski definition) is 0. The Labute approximate surface area is 176 Å². The van der Waals surface area contributed by atoms with E-state index in [0.717, 1.165) is 15.6 Å². The lowest BCUT2D eigenvalue weighted by Gasteiger charge is -2.10. The van der Waals surface area contributed by atoms with Gasteiger partial charge in [-0.1, -0.05) is 28.1 Å². The van der Waals surface area contributed by atoms with Crippen molar-refractivity contribution in [2.45, 2.75) is 0 Å². The lowest BCUT2D eigenvalue weighted by Crippen LogP contribution is -1.95. The average Bonchev–Trinajstić information content (AvgIpc) is 2.79. The van der Waals surface area contributed by atoms with Crippen molar-refractivity contribution in [1.82, 2.24) is 15.0 Å². The summed E-state index contributed by atoms with van der Waals surface area (Å²) in [6.45, 7) is 0. The molecule has 29 heavy (non-hydrogen) atoms. The van der Waals surface area contributed by atoms with E-state index in [1.54, 1.807) is 36.7 Å². The molecule has 0 bridgehead atoms. The Kier molecular flexibility index (Phi) is 5.11. The van der Waals surface area contributed by atoms with Crippen molar-refractivity contribution >= 4 is 15.9 Å². The van der Waals surface area contributed by atoms with Gasteiger partial charge in [0.05, 0.1) is 46.0 Å². The first-order valence-electron chi connectivity index (χ1n) is 8.67. The molecule has 136 valence electrons. The Hall–Kier alpha value is -3.87. The molecule has 0 saturated carbocycles. The third kappa shape index (κ3) is 4.03. The van der Waals surface area contributed by atoms with E-state index in [4.69, 9.17) is 4.98 Å². The summed E-state index contributed by atoms with van der Waals surface area (Å²) in [6.07, 6.45) is 3.19. The Balaban J connectivity index is 1.93. The fraction of sp³-hybridized carbons (Fsp3) is 0. The highest BCUT2D eigenvalue weighted by molar-refractivity contribution is 9.10. The average molecular weight is 438 g/mol. The third-order valence-corrected chi connectivity index (χ3v) is 4.83. The number of pyridine rings is 3. The molecule has 0 spiro atoms. The summed E-state index contributed by atoms with van der Waals surface area (Å²) in [4.78, 5) is 13.5. The lowest BCUT2D eigenvalue weighted by atomic mass is 10.0. The zero-order valence-corrected chi connectivity index (χ0v) is 16.6. The van der Waals surface area contributed by atoms with Crippen LogP contribution in [0.15, 0.2) is 77.5 Å². The van der Waals surface area contributed by atoms with Crippen molar-refractivity contribution in [2.24, 2.45) is 0 Å². The maximum absolute atomic E-state index is 9.21. The van der Waals surface area contributed by atoms with Gasteiger partial charge in [0.15, 0.2) is 0 Å². The summed E-state index contributed by atoms with van der Waals surface area (Å²) in [5, 5.41) is 18.4. The molecule has 3 heterocycles. The van der Waals surface area contributed by atoms with E-state index in [1.807, 2.05) is 36.4 Å². The summed E-state index contributed by atoms with van der Waals surface area (Å²) in [5.41, 5.74) is 5.41. The molecule has 0 aliphatic rings. The van der Waals surface area contributed by atoms with Gasteiger partial charge in [0.25, 0.3) is 0 Å². The Morgan fingerprint density at radius 2 is 1.14 bits per heavy atom. The fourth-order valence-electron chi connectivity index (χ4n) is 2.88. The minimum atomic E-state index is 0.511. The number of nitriles is 2. The molecule has 0 amide bonds. The van der Waals surface area contributed by atoms with E-state index in [0.29, 0.717) is 33.9 Å². The number of hydrogen-bond acceptors (Lipinski definition) is 5. The van der Waals surface area contributed by atoms with Gasteiger partial charge >= 0.3 is 0 Å². The van der Waals surface area contributed by atoms with E-state index in [9.17, 15) is 10.5 Å². The molecule has 0 saturated heterocycles. The van der Waals surface area contributed by atoms with Crippen LogP contribution in [0.1, 0.15) is 11.1 Å². The van der Waals surface area contributed by atoms with Crippen LogP contribution in [0.3, 0.4) is 0 Å². The van der Waals surface area contributed by atoms with Crippen LogP contribution in [-0.4, -0.2) is 15.0 Å². The maximum atomic E-state index is 9.21. The number of nitrogens with zero attached hydrogens (tertiary/aromatic N) is 5. The standard InChI is InChI=1S/C23H12BrN5/c24-19-3-1-17(2-4-19)18-11-22(20-9-15(13-25)5-7-27-20)29-23(12-18)21-10-16(14-26)6-8-28-21/h1-12H. The number of rotatable bonds is 3. The van der Waals surface area contributed by atoms with Gasteiger partial charge in [-0.3, -0.25) is 9.97 Å². The van der Waals surface area contributed by atoms with Crippen LogP contribution in [0, 0.1) is 22.7 Å². The zero-order valence-electron chi connectivity index (χ0n) is 15.0. The monoisotopic (exact) mass is 437 g/mol. The third-order valence-electron chi connectivity index (χ3n) is 4.31. The molecule has 0 N–H and O–H groups in total. The molecular weight excluding hydrogens is 426 g/mol. The molecule has 1 aromatic carbocycles. The SMILES string of the molecule is N#Cc1ccnc(-c2cc(-c3ccc(Br)cc3)cc(-c3cc(C#N)ccn3)n2)c1. The van der Waals surface area contributed by atoms with Crippen molar-refractivity contribution in [2.75, 3.05) is 0 Å². The van der Waals surface area contributed by atoms with Crippen molar-refractivity contribution in [1.29, 1.82) is 10.5 Å². The minimum absolute atomic E-state index is 0.511. The van der Waals surface area contributed by atoms with Gasteiger partial charge in [0.2, 0.25) is 0 Å². The van der Waals surface area contributed by atoms with E-state index in [-0.39, 0.29) is 0 Å². The van der Waals surface area contributed by atoms with Crippen molar-refractivity contribution in [3.05, 3.63) is 88.7 Å². The summed E-state index contributed by atoms with van der Waals surface area (Å²) in [5.74, 6) is 0. The first-order valence-corrected chi connectivity index (χ1v) is 9.46. The summed E-state index contributed by atoms with van der Waals surface area (Å²) in [6, 6.07) is 22.8. The number of aromatic nitrogens is 3. The molecule has 6 heteroatoms. The highest BCUT2D eigenvalue weighted by Crippen LogP contribution is 2.30. The molecule has 0 radical (unpaired) electrons. The maximum Gasteiger partial charge on any atom is 0.0992 e. The predicted octanol–water partition coefficient (Wildman–Crippen LogP) is 5.38. The van der Waals surface area contributed by atoms with Gasteiger partial charge in [-0.05, 0) is 59.7 Å². The molecule has 4 aromatic rings. The van der Waals surface area contributed by atoms with Crippen LogP contribution in [0.4, 0.5) is 0 Å². The molecule has 4 rings (SSSR count). The molecule has 0 aliphatic heterocycles. The molecule has 5 nitrogen and oxygen atoms in total. The van der Waals surface area contributed by atoms with Crippen molar-refractivity contribution in [3.63, 3.8) is 0 Å². The largest absolute Gasteiger partial charge is 0.255 e. The summed E-state index contributed by atoms with van der Waals surface area (Å²) in [7, 11) is 0. The highest BCUT2D eigenvalue weighted by Gasteiger charge is 2.11. The highest BCUT2D eigenvalue weighted by atomic mass is 79.9. The van der Waals surface area contributed by atoms with Gasteiger partial charge in [-0.25, -0.2) is 4.98 Å². The second kappa shape index (κ2) is 8.02. The lowest BCUT2D eigenvalue weighted by molar-refractivity contribution is 1.21. The normalized spacial score (nSPS) is 10.2. The molecule has 0 fully saturated rings. The first kappa shape index (κ1) is 18.5. The molecule has 0 unspecified atom stereocenters. The van der Waals surface area contributed by atoms with Crippen LogP contribution in [0.5, 0.6) is 0 Å². The van der Waals surface area contributed by atoms with E-state index in [1.165, 1.54) is 0 Å². The number of benzene rings is 1. The zero-order chi connectivity index (χ0) is 20.2. The second-order valence-electron chi connectivity index (χ2n) is 6.22. The van der Waals surface area contributed by atoms with Gasteiger partial charge in [0, 0.05) is 16.9 Å². The summed E-state index contributed by atoms with van der Waals surface area (Å²) < 4.78 is 0.988.